The lowest BCUT2D eigenvalue weighted by Crippen LogP contribution is -2.63. The maximum atomic E-state index is 11.5. The number of aliphatic hydroxyl groups excluding tert-OH is 2. The first-order chi connectivity index (χ1) is 14.7. The Labute approximate surface area is 197 Å². The van der Waals surface area contributed by atoms with Crippen molar-refractivity contribution < 1.29 is 10.2 Å². The van der Waals surface area contributed by atoms with Crippen LogP contribution >= 0.6 is 0 Å². The summed E-state index contributed by atoms with van der Waals surface area (Å²) in [7, 11) is 0. The molecule has 182 valence electrons. The Morgan fingerprint density at radius 3 is 2.22 bits per heavy atom. The molecule has 2 N–H and O–H groups in total. The molecule has 5 aliphatic rings. The summed E-state index contributed by atoms with van der Waals surface area (Å²) < 4.78 is 0. The number of aliphatic hydroxyl groups is 2. The van der Waals surface area contributed by atoms with Gasteiger partial charge in [-0.05, 0) is 108 Å². The third-order valence-electron chi connectivity index (χ3n) is 13.2. The fourth-order valence-corrected chi connectivity index (χ4v) is 11.3. The van der Waals surface area contributed by atoms with E-state index in [2.05, 4.69) is 61.5 Å². The quantitative estimate of drug-likeness (QED) is 0.429. The van der Waals surface area contributed by atoms with Gasteiger partial charge < -0.3 is 10.2 Å². The number of allylic oxidation sites excluding steroid dienone is 2. The van der Waals surface area contributed by atoms with E-state index >= 15 is 0 Å². The molecule has 4 fully saturated rings. The standard InChI is InChI=1S/C30H50O2/c1-18(2)21-17-22(31)25-28(21,6)15-16-29(7)20-9-10-23-26(3,4)24(32)12-13-27(23,5)19(20)11-14-30(25,29)8/h11,18,20-25,31-32H,9-10,12-17H2,1-8H3. The molecular formula is C30H50O2. The smallest absolute Gasteiger partial charge is 0.0594 e. The zero-order chi connectivity index (χ0) is 23.5. The molecule has 0 amide bonds. The monoisotopic (exact) mass is 442 g/mol. The minimum absolute atomic E-state index is 0.00225. The Kier molecular flexibility index (Phi) is 5.02. The molecule has 32 heavy (non-hydrogen) atoms. The molecule has 2 nitrogen and oxygen atoms in total. The van der Waals surface area contributed by atoms with E-state index < -0.39 is 0 Å². The third-order valence-corrected chi connectivity index (χ3v) is 13.2. The first kappa shape index (κ1) is 23.4. The predicted molar refractivity (Wildman–Crippen MR) is 132 cm³/mol. The first-order valence-corrected chi connectivity index (χ1v) is 13.8. The van der Waals surface area contributed by atoms with Crippen LogP contribution in [0.15, 0.2) is 11.6 Å². The van der Waals surface area contributed by atoms with Gasteiger partial charge in [-0.15, -0.1) is 0 Å². The molecule has 0 bridgehead atoms. The van der Waals surface area contributed by atoms with Crippen LogP contribution in [0, 0.1) is 56.7 Å². The highest BCUT2D eigenvalue weighted by Gasteiger charge is 2.70. The molecule has 0 aromatic heterocycles. The van der Waals surface area contributed by atoms with E-state index in [1.54, 1.807) is 5.57 Å². The van der Waals surface area contributed by atoms with E-state index in [4.69, 9.17) is 0 Å². The highest BCUT2D eigenvalue weighted by atomic mass is 16.3. The molecule has 5 rings (SSSR count). The van der Waals surface area contributed by atoms with Crippen molar-refractivity contribution >= 4 is 0 Å². The Morgan fingerprint density at radius 2 is 1.56 bits per heavy atom. The molecule has 0 saturated heterocycles. The molecule has 10 atom stereocenters. The Balaban J connectivity index is 1.58. The van der Waals surface area contributed by atoms with Gasteiger partial charge in [-0.1, -0.05) is 67.0 Å². The SMILES string of the molecule is CC(C)C1CC(O)C2C1(C)CCC1(C)C3CCC4C(C)(CCC(O)C4(C)C)C3=CCC21C. The molecule has 0 radical (unpaired) electrons. The van der Waals surface area contributed by atoms with E-state index in [-0.39, 0.29) is 39.3 Å². The minimum Gasteiger partial charge on any atom is -0.393 e. The second kappa shape index (κ2) is 6.87. The van der Waals surface area contributed by atoms with Gasteiger partial charge in [0.15, 0.2) is 0 Å². The number of rotatable bonds is 1. The van der Waals surface area contributed by atoms with Crippen LogP contribution in [0.3, 0.4) is 0 Å². The van der Waals surface area contributed by atoms with Crippen molar-refractivity contribution in [2.45, 2.75) is 119 Å². The highest BCUT2D eigenvalue weighted by molar-refractivity contribution is 5.33. The summed E-state index contributed by atoms with van der Waals surface area (Å²) >= 11 is 0. The van der Waals surface area contributed by atoms with Crippen LogP contribution in [0.5, 0.6) is 0 Å². The van der Waals surface area contributed by atoms with Gasteiger partial charge in [0, 0.05) is 0 Å². The molecule has 0 heterocycles. The van der Waals surface area contributed by atoms with Gasteiger partial charge in [0.25, 0.3) is 0 Å². The largest absolute Gasteiger partial charge is 0.393 e. The van der Waals surface area contributed by atoms with E-state index in [9.17, 15) is 10.2 Å². The Bertz CT molecular complexity index is 812. The van der Waals surface area contributed by atoms with Crippen LogP contribution in [0.1, 0.15) is 107 Å². The summed E-state index contributed by atoms with van der Waals surface area (Å²) in [5.74, 6) is 2.92. The van der Waals surface area contributed by atoms with Crippen molar-refractivity contribution in [2.75, 3.05) is 0 Å². The van der Waals surface area contributed by atoms with Crippen molar-refractivity contribution in [1.29, 1.82) is 0 Å². The molecule has 0 aromatic carbocycles. The number of hydrogen-bond acceptors (Lipinski definition) is 2. The lowest BCUT2D eigenvalue weighted by Gasteiger charge is -2.69. The summed E-state index contributed by atoms with van der Waals surface area (Å²) in [6.07, 6.45) is 11.6. The van der Waals surface area contributed by atoms with E-state index in [0.29, 0.717) is 29.6 Å². The first-order valence-electron chi connectivity index (χ1n) is 13.8. The van der Waals surface area contributed by atoms with E-state index in [1.165, 1.54) is 25.7 Å². The molecule has 0 spiro atoms. The van der Waals surface area contributed by atoms with Crippen molar-refractivity contribution in [3.8, 4) is 0 Å². The van der Waals surface area contributed by atoms with Crippen molar-refractivity contribution in [2.24, 2.45) is 56.7 Å². The van der Waals surface area contributed by atoms with E-state index in [0.717, 1.165) is 25.7 Å². The molecule has 0 aromatic rings. The van der Waals surface area contributed by atoms with Gasteiger partial charge in [0.1, 0.15) is 0 Å². The molecule has 4 saturated carbocycles. The lowest BCUT2D eigenvalue weighted by molar-refractivity contribution is -0.180. The Hall–Kier alpha value is -0.340. The van der Waals surface area contributed by atoms with Crippen molar-refractivity contribution in [1.82, 2.24) is 0 Å². The van der Waals surface area contributed by atoms with Gasteiger partial charge in [-0.2, -0.15) is 0 Å². The summed E-state index contributed by atoms with van der Waals surface area (Å²) in [5, 5.41) is 22.4. The van der Waals surface area contributed by atoms with Gasteiger partial charge >= 0.3 is 0 Å². The van der Waals surface area contributed by atoms with Gasteiger partial charge in [-0.25, -0.2) is 0 Å². The number of fused-ring (bicyclic) bond motifs is 7. The fourth-order valence-electron chi connectivity index (χ4n) is 11.3. The summed E-state index contributed by atoms with van der Waals surface area (Å²) in [6.45, 7) is 19.7. The van der Waals surface area contributed by atoms with Gasteiger partial charge in [0.2, 0.25) is 0 Å². The summed E-state index contributed by atoms with van der Waals surface area (Å²) in [4.78, 5) is 0. The second-order valence-corrected chi connectivity index (χ2v) is 14.8. The molecule has 0 aliphatic heterocycles. The molecule has 10 unspecified atom stereocenters. The van der Waals surface area contributed by atoms with Crippen LogP contribution in [-0.4, -0.2) is 22.4 Å². The average molecular weight is 443 g/mol. The maximum absolute atomic E-state index is 11.5. The van der Waals surface area contributed by atoms with Gasteiger partial charge in [0.05, 0.1) is 12.2 Å². The Morgan fingerprint density at radius 1 is 0.875 bits per heavy atom. The van der Waals surface area contributed by atoms with Crippen LogP contribution in [0.2, 0.25) is 0 Å². The van der Waals surface area contributed by atoms with Crippen LogP contribution in [-0.2, 0) is 0 Å². The zero-order valence-corrected chi connectivity index (χ0v) is 22.2. The normalized spacial score (nSPS) is 56.7. The average Bonchev–Trinajstić information content (AvgIpc) is 2.98. The highest BCUT2D eigenvalue weighted by Crippen LogP contribution is 2.76. The van der Waals surface area contributed by atoms with Gasteiger partial charge in [-0.3, -0.25) is 0 Å². The molecule has 5 aliphatic carbocycles. The zero-order valence-electron chi connectivity index (χ0n) is 22.2. The number of hydrogen-bond donors (Lipinski definition) is 2. The van der Waals surface area contributed by atoms with E-state index in [1.807, 2.05) is 0 Å². The lowest BCUT2D eigenvalue weighted by atomic mass is 9.35. The van der Waals surface area contributed by atoms with Crippen LogP contribution in [0.25, 0.3) is 0 Å². The van der Waals surface area contributed by atoms with Crippen molar-refractivity contribution in [3.05, 3.63) is 11.6 Å². The molecule has 2 heteroatoms. The predicted octanol–water partition coefficient (Wildman–Crippen LogP) is 7.00. The topological polar surface area (TPSA) is 40.5 Å². The van der Waals surface area contributed by atoms with Crippen molar-refractivity contribution in [3.63, 3.8) is 0 Å². The van der Waals surface area contributed by atoms with Crippen LogP contribution in [0.4, 0.5) is 0 Å². The fraction of sp³-hybridized carbons (Fsp3) is 0.933. The summed E-state index contributed by atoms with van der Waals surface area (Å²) in [6, 6.07) is 0. The third kappa shape index (κ3) is 2.61. The van der Waals surface area contributed by atoms with Crippen LogP contribution < -0.4 is 0 Å². The maximum Gasteiger partial charge on any atom is 0.0594 e. The minimum atomic E-state index is -0.167. The molecular weight excluding hydrogens is 392 g/mol. The second-order valence-electron chi connectivity index (χ2n) is 14.8. The summed E-state index contributed by atoms with van der Waals surface area (Å²) in [5.41, 5.74) is 2.67.